The van der Waals surface area contributed by atoms with Crippen LogP contribution >= 0.6 is 0 Å². The Balaban J connectivity index is 0. The first-order valence-corrected chi connectivity index (χ1v) is 5.58. The molecule has 0 unspecified atom stereocenters. The van der Waals surface area contributed by atoms with Crippen LogP contribution in [0.2, 0.25) is 0 Å². The molecule has 21 heavy (non-hydrogen) atoms. The standard InChI is InChI=1S/C12H13N3O5.Na.H/c1-8(13-7-12(17)18)6-11(16)14-9-2-4-10(5-3-9)15(19)20;;/h2-6,13H,7H2,1H3,(H,14,16)(H,17,18);;/q;+1;-1/b8-6+;;. The summed E-state index contributed by atoms with van der Waals surface area (Å²) in [5.74, 6) is -1.50. The molecule has 0 fully saturated rings. The van der Waals surface area contributed by atoms with E-state index < -0.39 is 16.8 Å². The SMILES string of the molecule is C/C(=C\C(=O)Nc1ccc([N+](=O)[O-])cc1)NCC(=O)O.[H-].[Na+]. The van der Waals surface area contributed by atoms with Gasteiger partial charge in [-0.25, -0.2) is 0 Å². The minimum absolute atomic E-state index is 0. The van der Waals surface area contributed by atoms with Crippen LogP contribution in [0.1, 0.15) is 8.35 Å². The molecule has 108 valence electrons. The van der Waals surface area contributed by atoms with Crippen LogP contribution in [0.15, 0.2) is 36.0 Å². The van der Waals surface area contributed by atoms with E-state index in [1.54, 1.807) is 6.92 Å². The van der Waals surface area contributed by atoms with Crippen molar-refractivity contribution in [1.29, 1.82) is 0 Å². The van der Waals surface area contributed by atoms with Gasteiger partial charge in [0.1, 0.15) is 6.54 Å². The van der Waals surface area contributed by atoms with Gasteiger partial charge in [0.2, 0.25) is 5.91 Å². The largest absolute Gasteiger partial charge is 1.00 e. The number of non-ortho nitro benzene ring substituents is 1. The molecule has 1 aromatic rings. The van der Waals surface area contributed by atoms with E-state index in [-0.39, 0.29) is 43.2 Å². The van der Waals surface area contributed by atoms with Crippen molar-refractivity contribution in [1.82, 2.24) is 5.32 Å². The number of carboxylic acid groups (broad SMARTS) is 1. The number of rotatable bonds is 6. The molecule has 0 aliphatic rings. The zero-order chi connectivity index (χ0) is 15.1. The minimum atomic E-state index is -1.03. The topological polar surface area (TPSA) is 122 Å². The molecule has 3 N–H and O–H groups in total. The van der Waals surface area contributed by atoms with Gasteiger partial charge in [-0.15, -0.1) is 0 Å². The van der Waals surface area contributed by atoms with E-state index in [9.17, 15) is 19.7 Å². The van der Waals surface area contributed by atoms with Gasteiger partial charge >= 0.3 is 35.5 Å². The van der Waals surface area contributed by atoms with E-state index in [2.05, 4.69) is 10.6 Å². The molecule has 1 rings (SSSR count). The normalized spacial score (nSPS) is 10.2. The molecule has 0 aliphatic carbocycles. The predicted octanol–water partition coefficient (Wildman–Crippen LogP) is -1.77. The molecule has 0 radical (unpaired) electrons. The Hall–Kier alpha value is -1.90. The fourth-order valence-corrected chi connectivity index (χ4v) is 1.31. The van der Waals surface area contributed by atoms with Crippen molar-refractivity contribution in [2.75, 3.05) is 11.9 Å². The summed E-state index contributed by atoms with van der Waals surface area (Å²) >= 11 is 0. The number of carbonyl (C=O) groups excluding carboxylic acids is 1. The molecule has 0 saturated heterocycles. The van der Waals surface area contributed by atoms with Gasteiger partial charge < -0.3 is 17.2 Å². The van der Waals surface area contributed by atoms with Gasteiger partial charge in [-0.3, -0.25) is 19.7 Å². The third-order valence-corrected chi connectivity index (χ3v) is 2.21. The van der Waals surface area contributed by atoms with Crippen molar-refractivity contribution in [3.8, 4) is 0 Å². The van der Waals surface area contributed by atoms with Gasteiger partial charge in [0, 0.05) is 29.6 Å². The number of carbonyl (C=O) groups is 2. The summed E-state index contributed by atoms with van der Waals surface area (Å²) in [7, 11) is 0. The van der Waals surface area contributed by atoms with E-state index >= 15 is 0 Å². The molecule has 9 heteroatoms. The number of hydrogen-bond acceptors (Lipinski definition) is 5. The minimum Gasteiger partial charge on any atom is -1.00 e. The number of nitro benzene ring substituents is 1. The predicted molar refractivity (Wildman–Crippen MR) is 72.2 cm³/mol. The first-order valence-electron chi connectivity index (χ1n) is 5.58. The van der Waals surface area contributed by atoms with Crippen molar-refractivity contribution in [3.63, 3.8) is 0 Å². The molecule has 0 atom stereocenters. The number of nitro groups is 1. The Bertz CT molecular complexity index is 562. The van der Waals surface area contributed by atoms with Crippen LogP contribution in [-0.4, -0.2) is 28.5 Å². The molecule has 1 aromatic carbocycles. The second kappa shape index (κ2) is 9.11. The number of nitrogens with one attached hydrogen (secondary N) is 2. The molecule has 1 amide bonds. The average Bonchev–Trinajstić information content (AvgIpc) is 2.36. The number of hydrogen-bond donors (Lipinski definition) is 3. The third kappa shape index (κ3) is 7.45. The molecule has 0 heterocycles. The van der Waals surface area contributed by atoms with Gasteiger partial charge in [-0.1, -0.05) is 0 Å². The zero-order valence-electron chi connectivity index (χ0n) is 12.6. The maximum absolute atomic E-state index is 11.6. The van der Waals surface area contributed by atoms with E-state index in [4.69, 9.17) is 5.11 Å². The van der Waals surface area contributed by atoms with Gasteiger partial charge in [0.05, 0.1) is 4.92 Å². The maximum atomic E-state index is 11.6. The van der Waals surface area contributed by atoms with Crippen LogP contribution < -0.4 is 40.2 Å². The number of nitrogens with zero attached hydrogens (tertiary/aromatic N) is 1. The van der Waals surface area contributed by atoms with Crippen molar-refractivity contribution in [3.05, 3.63) is 46.2 Å². The number of aliphatic carboxylic acids is 1. The average molecular weight is 303 g/mol. The monoisotopic (exact) mass is 303 g/mol. The number of carboxylic acids is 1. The number of anilines is 1. The van der Waals surface area contributed by atoms with Gasteiger partial charge in [0.25, 0.3) is 5.69 Å². The van der Waals surface area contributed by atoms with Crippen LogP contribution in [0.3, 0.4) is 0 Å². The molecule has 0 aliphatic heterocycles. The summed E-state index contributed by atoms with van der Waals surface area (Å²) < 4.78 is 0. The quantitative estimate of drug-likeness (QED) is 0.247. The number of allylic oxidation sites excluding steroid dienone is 1. The van der Waals surface area contributed by atoms with Gasteiger partial charge in [-0.2, -0.15) is 0 Å². The van der Waals surface area contributed by atoms with E-state index in [1.807, 2.05) is 0 Å². The summed E-state index contributed by atoms with van der Waals surface area (Å²) in [5, 5.41) is 24.0. The fourth-order valence-electron chi connectivity index (χ4n) is 1.31. The Morgan fingerprint density at radius 3 is 2.43 bits per heavy atom. The Kier molecular flexibility index (Phi) is 8.29. The molecule has 0 bridgehead atoms. The van der Waals surface area contributed by atoms with Crippen LogP contribution in [0.5, 0.6) is 0 Å². The molecule has 0 saturated carbocycles. The van der Waals surface area contributed by atoms with E-state index in [0.717, 1.165) is 0 Å². The summed E-state index contributed by atoms with van der Waals surface area (Å²) in [4.78, 5) is 31.8. The molecule has 0 spiro atoms. The molecule has 8 nitrogen and oxygen atoms in total. The van der Waals surface area contributed by atoms with Crippen LogP contribution in [0.25, 0.3) is 0 Å². The third-order valence-electron chi connectivity index (χ3n) is 2.21. The Labute approximate surface area is 144 Å². The molecular formula is C12H14N3NaO5. The Morgan fingerprint density at radius 1 is 1.38 bits per heavy atom. The smallest absolute Gasteiger partial charge is 1.00 e. The van der Waals surface area contributed by atoms with Crippen molar-refractivity contribution in [2.24, 2.45) is 0 Å². The Morgan fingerprint density at radius 2 is 1.95 bits per heavy atom. The van der Waals surface area contributed by atoms with Crippen LogP contribution in [0.4, 0.5) is 11.4 Å². The zero-order valence-corrected chi connectivity index (χ0v) is 13.6. The summed E-state index contributed by atoms with van der Waals surface area (Å²) in [6.07, 6.45) is 1.20. The van der Waals surface area contributed by atoms with Crippen molar-refractivity contribution in [2.45, 2.75) is 6.92 Å². The van der Waals surface area contributed by atoms with Crippen LogP contribution in [-0.2, 0) is 9.59 Å². The first-order chi connectivity index (χ1) is 9.38. The summed E-state index contributed by atoms with van der Waals surface area (Å²) in [5.41, 5.74) is 0.729. The fraction of sp³-hybridized carbons (Fsp3) is 0.167. The summed E-state index contributed by atoms with van der Waals surface area (Å²) in [6, 6.07) is 5.36. The van der Waals surface area contributed by atoms with Gasteiger partial charge in [0.15, 0.2) is 0 Å². The second-order valence-electron chi connectivity index (χ2n) is 3.87. The first kappa shape index (κ1) is 19.1. The van der Waals surface area contributed by atoms with Crippen molar-refractivity contribution >= 4 is 23.3 Å². The molecule has 0 aromatic heterocycles. The summed E-state index contributed by atoms with van der Waals surface area (Å²) in [6.45, 7) is 1.27. The van der Waals surface area contributed by atoms with Crippen molar-refractivity contribution < 1.29 is 50.6 Å². The number of benzene rings is 1. The molecular weight excluding hydrogens is 289 g/mol. The second-order valence-corrected chi connectivity index (χ2v) is 3.87. The van der Waals surface area contributed by atoms with E-state index in [1.165, 1.54) is 30.3 Å². The van der Waals surface area contributed by atoms with Gasteiger partial charge in [-0.05, 0) is 19.1 Å². The van der Waals surface area contributed by atoms with Crippen LogP contribution in [0, 0.1) is 10.1 Å². The van der Waals surface area contributed by atoms with E-state index in [0.29, 0.717) is 11.4 Å². The maximum Gasteiger partial charge on any atom is 1.00 e. The number of amides is 1.